The van der Waals surface area contributed by atoms with Crippen LogP contribution in [0.2, 0.25) is 0 Å². The molecule has 0 aliphatic carbocycles. The van der Waals surface area contributed by atoms with E-state index in [4.69, 9.17) is 0 Å². The maximum absolute atomic E-state index is 2.62. The highest BCUT2D eigenvalue weighted by Crippen LogP contribution is 2.48. The molecule has 0 radical (unpaired) electrons. The van der Waals surface area contributed by atoms with Crippen LogP contribution in [0.5, 0.6) is 0 Å². The predicted octanol–water partition coefficient (Wildman–Crippen LogP) is 9.36. The lowest BCUT2D eigenvalue weighted by Crippen LogP contribution is -2.63. The second-order valence-corrected chi connectivity index (χ2v) is 16.0. The zero-order chi connectivity index (χ0) is 38.6. The van der Waals surface area contributed by atoms with Gasteiger partial charge < -0.3 is 14.4 Å². The minimum Gasteiger partial charge on any atom is -0.311 e. The van der Waals surface area contributed by atoms with E-state index in [0.717, 1.165) is 11.4 Å². The molecule has 1 aromatic heterocycles. The van der Waals surface area contributed by atoms with Gasteiger partial charge in [-0.15, -0.1) is 0 Å². The molecule has 272 valence electrons. The van der Waals surface area contributed by atoms with Gasteiger partial charge in [0.05, 0.1) is 16.7 Å². The maximum Gasteiger partial charge on any atom is 0.252 e. The van der Waals surface area contributed by atoms with Crippen LogP contribution in [0.1, 0.15) is 0 Å². The van der Waals surface area contributed by atoms with E-state index in [1.165, 1.54) is 94.1 Å². The van der Waals surface area contributed by atoms with Crippen LogP contribution >= 0.6 is 0 Å². The molecule has 10 aromatic rings. The average molecular weight is 748 g/mol. The zero-order valence-electron chi connectivity index (χ0n) is 32.2. The number of hydrogen-bond acceptors (Lipinski definition) is 2. The molecule has 0 fully saturated rings. The minimum atomic E-state index is -0.00585. The van der Waals surface area contributed by atoms with Gasteiger partial charge in [-0.25, -0.2) is 0 Å². The Kier molecular flexibility index (Phi) is 6.90. The highest BCUT2D eigenvalue weighted by Gasteiger charge is 2.46. The summed E-state index contributed by atoms with van der Waals surface area (Å²) in [4.78, 5) is 5.05. The van der Waals surface area contributed by atoms with Crippen molar-refractivity contribution in [1.29, 1.82) is 0 Å². The zero-order valence-corrected chi connectivity index (χ0v) is 32.2. The van der Waals surface area contributed by atoms with Crippen LogP contribution < -0.4 is 42.6 Å². The summed E-state index contributed by atoms with van der Waals surface area (Å²) >= 11 is 0. The Hall–Kier alpha value is -7.49. The molecule has 3 aliphatic heterocycles. The van der Waals surface area contributed by atoms with Crippen molar-refractivity contribution >= 4 is 102 Å². The van der Waals surface area contributed by atoms with Gasteiger partial charge in [0.15, 0.2) is 0 Å². The van der Waals surface area contributed by atoms with E-state index in [1.54, 1.807) is 0 Å². The fourth-order valence-electron chi connectivity index (χ4n) is 10.8. The Morgan fingerprint density at radius 3 is 1.64 bits per heavy atom. The molecular formula is C54H35B2N3. The summed E-state index contributed by atoms with van der Waals surface area (Å²) in [5.74, 6) is 0. The highest BCUT2D eigenvalue weighted by atomic mass is 15.2. The van der Waals surface area contributed by atoms with Crippen LogP contribution in [-0.4, -0.2) is 18.0 Å². The molecule has 9 aromatic carbocycles. The van der Waals surface area contributed by atoms with Crippen molar-refractivity contribution in [3.63, 3.8) is 0 Å². The van der Waals surface area contributed by atoms with E-state index in [2.05, 4.69) is 227 Å². The number of para-hydroxylation sites is 5. The average Bonchev–Trinajstić information content (AvgIpc) is 3.66. The molecule has 4 heterocycles. The number of nitrogens with zero attached hydrogens (tertiary/aromatic N) is 3. The van der Waals surface area contributed by atoms with Gasteiger partial charge in [0.25, 0.3) is 6.71 Å². The first kappa shape index (κ1) is 32.6. The van der Waals surface area contributed by atoms with E-state index in [0.29, 0.717) is 0 Å². The van der Waals surface area contributed by atoms with Crippen molar-refractivity contribution in [1.82, 2.24) is 4.57 Å². The summed E-state index contributed by atoms with van der Waals surface area (Å²) in [5.41, 5.74) is 21.5. The quantitative estimate of drug-likeness (QED) is 0.166. The van der Waals surface area contributed by atoms with Crippen LogP contribution in [-0.2, 0) is 0 Å². The van der Waals surface area contributed by atoms with E-state index >= 15 is 0 Å². The Bertz CT molecular complexity index is 3300. The monoisotopic (exact) mass is 747 g/mol. The van der Waals surface area contributed by atoms with Gasteiger partial charge in [-0.1, -0.05) is 163 Å². The molecule has 0 spiro atoms. The number of rotatable bonds is 4. The van der Waals surface area contributed by atoms with Crippen molar-refractivity contribution in [3.05, 3.63) is 212 Å². The van der Waals surface area contributed by atoms with E-state index in [9.17, 15) is 0 Å². The molecule has 0 bridgehead atoms. The summed E-state index contributed by atoms with van der Waals surface area (Å²) in [6, 6.07) is 78.7. The largest absolute Gasteiger partial charge is 0.311 e. The van der Waals surface area contributed by atoms with Gasteiger partial charge in [0.1, 0.15) is 0 Å². The van der Waals surface area contributed by atoms with Crippen LogP contribution in [0.25, 0.3) is 38.6 Å². The third-order valence-electron chi connectivity index (χ3n) is 13.0. The number of benzene rings is 9. The number of aromatic nitrogens is 1. The first-order valence-corrected chi connectivity index (χ1v) is 20.6. The van der Waals surface area contributed by atoms with Gasteiger partial charge in [-0.2, -0.15) is 0 Å². The Balaban J connectivity index is 1.21. The van der Waals surface area contributed by atoms with Gasteiger partial charge in [0.2, 0.25) is 6.71 Å². The summed E-state index contributed by atoms with van der Waals surface area (Å²) < 4.78 is 2.57. The Labute approximate surface area is 344 Å². The smallest absolute Gasteiger partial charge is 0.252 e. The van der Waals surface area contributed by atoms with E-state index in [1.807, 2.05) is 0 Å². The molecule has 0 N–H and O–H groups in total. The van der Waals surface area contributed by atoms with Gasteiger partial charge >= 0.3 is 0 Å². The molecule has 0 atom stereocenters. The molecule has 3 aliphatic rings. The molecule has 0 saturated carbocycles. The van der Waals surface area contributed by atoms with Crippen molar-refractivity contribution in [3.8, 4) is 16.8 Å². The van der Waals surface area contributed by atoms with Crippen molar-refractivity contribution in [2.75, 3.05) is 9.80 Å². The summed E-state index contributed by atoms with van der Waals surface area (Å²) in [7, 11) is 0. The van der Waals surface area contributed by atoms with Crippen molar-refractivity contribution in [2.24, 2.45) is 0 Å². The first-order chi connectivity index (χ1) is 29.3. The second-order valence-electron chi connectivity index (χ2n) is 16.0. The fraction of sp³-hybridized carbons (Fsp3) is 0. The molecule has 5 heteroatoms. The second kappa shape index (κ2) is 12.5. The normalized spacial score (nSPS) is 13.3. The Morgan fingerprint density at radius 1 is 0.356 bits per heavy atom. The van der Waals surface area contributed by atoms with Crippen molar-refractivity contribution < 1.29 is 0 Å². The number of anilines is 6. The van der Waals surface area contributed by atoms with Crippen LogP contribution in [0.4, 0.5) is 34.1 Å². The summed E-state index contributed by atoms with van der Waals surface area (Å²) in [5, 5.41) is 2.57. The maximum atomic E-state index is 2.62. The Morgan fingerprint density at radius 2 is 0.898 bits per heavy atom. The lowest BCUT2D eigenvalue weighted by atomic mass is 9.30. The van der Waals surface area contributed by atoms with Crippen molar-refractivity contribution in [2.45, 2.75) is 0 Å². The molecule has 0 unspecified atom stereocenters. The summed E-state index contributed by atoms with van der Waals surface area (Å²) in [6.07, 6.45) is 0. The fourth-order valence-corrected chi connectivity index (χ4v) is 10.8. The lowest BCUT2D eigenvalue weighted by Gasteiger charge is -2.44. The standard InChI is InChI=1S/C54H35B2N3/c1-4-19-36(20-5-1)39-25-10-12-27-41(39)55-42-28-13-17-32-48(42)59-46-30-15-11-26-40(46)51-53-45(35-44(55)54(51)59)56-43-29-14-16-31-47(43)57(37-21-6-2-7-22-37)49-33-18-34-50(52(49)56)58(53)38-23-8-3-9-24-38/h1-35H. The van der Waals surface area contributed by atoms with Gasteiger partial charge in [-0.05, 0) is 93.0 Å². The first-order valence-electron chi connectivity index (χ1n) is 20.6. The molecule has 0 amide bonds. The minimum absolute atomic E-state index is 0.00252. The topological polar surface area (TPSA) is 11.4 Å². The number of hydrogen-bond donors (Lipinski definition) is 0. The van der Waals surface area contributed by atoms with Gasteiger partial charge in [-0.3, -0.25) is 0 Å². The van der Waals surface area contributed by atoms with Crippen LogP contribution in [0, 0.1) is 0 Å². The molecule has 13 rings (SSSR count). The molecular weight excluding hydrogens is 712 g/mol. The van der Waals surface area contributed by atoms with Crippen LogP contribution in [0.15, 0.2) is 212 Å². The highest BCUT2D eigenvalue weighted by molar-refractivity contribution is 7.03. The van der Waals surface area contributed by atoms with Crippen LogP contribution in [0.3, 0.4) is 0 Å². The summed E-state index contributed by atoms with van der Waals surface area (Å²) in [6.45, 7) is -0.00837. The number of fused-ring (bicyclic) bond motifs is 10. The molecule has 0 saturated heterocycles. The molecule has 59 heavy (non-hydrogen) atoms. The SMILES string of the molecule is c1ccc(-c2ccccc2B2c3ccccc3-n3c4ccccc4c4c5c(cc2c43)B2c3ccccc3N(c3ccccc3)c3cccc(c32)N5c2ccccc2)cc1. The lowest BCUT2D eigenvalue weighted by molar-refractivity contribution is 1.19. The van der Waals surface area contributed by atoms with Gasteiger partial charge in [0, 0.05) is 44.9 Å². The predicted molar refractivity (Wildman–Crippen MR) is 251 cm³/mol. The third kappa shape index (κ3) is 4.50. The third-order valence-corrected chi connectivity index (χ3v) is 13.0. The van der Waals surface area contributed by atoms with E-state index < -0.39 is 0 Å². The molecule has 3 nitrogen and oxygen atoms in total. The van der Waals surface area contributed by atoms with E-state index in [-0.39, 0.29) is 13.4 Å².